The monoisotopic (exact) mass is 410 g/mol. The van der Waals surface area contributed by atoms with E-state index in [1.165, 1.54) is 18.0 Å². The van der Waals surface area contributed by atoms with Gasteiger partial charge >= 0.3 is 0 Å². The first kappa shape index (κ1) is 17.9. The Bertz CT molecular complexity index is 1330. The maximum Gasteiger partial charge on any atom is 0.226 e. The summed E-state index contributed by atoms with van der Waals surface area (Å²) in [6.07, 6.45) is 0.926. The van der Waals surface area contributed by atoms with E-state index in [9.17, 15) is 4.39 Å². The van der Waals surface area contributed by atoms with Gasteiger partial charge in [0, 0.05) is 16.7 Å². The zero-order valence-electron chi connectivity index (χ0n) is 16.8. The van der Waals surface area contributed by atoms with Gasteiger partial charge in [-0.1, -0.05) is 60.2 Å². The molecular weight excluding hydrogens is 391 g/mol. The number of benzene rings is 3. The minimum Gasteiger partial charge on any atom is -0.480 e. The van der Waals surface area contributed by atoms with Gasteiger partial charge in [0.05, 0.1) is 5.70 Å². The number of nitrogens with one attached hydrogen (secondary N) is 1. The number of aromatic nitrogens is 3. The Kier molecular flexibility index (Phi) is 3.93. The second-order valence-electron chi connectivity index (χ2n) is 7.81. The zero-order chi connectivity index (χ0) is 20.9. The number of aryl methyl sites for hydroxylation is 1. The molecule has 0 amide bonds. The molecule has 3 aromatic carbocycles. The smallest absolute Gasteiger partial charge is 0.226 e. The molecular formula is C25H19FN4O. The lowest BCUT2D eigenvalue weighted by atomic mass is 9.84. The summed E-state index contributed by atoms with van der Waals surface area (Å²) < 4.78 is 23.2. The largest absolute Gasteiger partial charge is 0.480 e. The highest BCUT2D eigenvalue weighted by Crippen LogP contribution is 2.50. The van der Waals surface area contributed by atoms with E-state index in [0.29, 0.717) is 17.3 Å². The van der Waals surface area contributed by atoms with Crippen LogP contribution in [-0.4, -0.2) is 14.8 Å². The van der Waals surface area contributed by atoms with Crippen molar-refractivity contribution in [2.24, 2.45) is 0 Å². The van der Waals surface area contributed by atoms with E-state index in [1.54, 1.807) is 12.1 Å². The normalized spacial score (nSPS) is 19.0. The molecule has 31 heavy (non-hydrogen) atoms. The molecule has 0 radical (unpaired) electrons. The number of rotatable bonds is 2. The molecule has 1 N–H and O–H groups in total. The van der Waals surface area contributed by atoms with Crippen molar-refractivity contribution >= 4 is 11.6 Å². The van der Waals surface area contributed by atoms with Gasteiger partial charge in [-0.2, -0.15) is 10.1 Å². The molecule has 6 heteroatoms. The van der Waals surface area contributed by atoms with E-state index < -0.39 is 6.10 Å². The van der Waals surface area contributed by atoms with E-state index in [0.717, 1.165) is 22.4 Å². The molecule has 1 aromatic heterocycles. The van der Waals surface area contributed by atoms with Gasteiger partial charge in [-0.05, 0) is 30.7 Å². The lowest BCUT2D eigenvalue weighted by molar-refractivity contribution is 0.218. The van der Waals surface area contributed by atoms with Crippen LogP contribution in [0.3, 0.4) is 0 Å². The van der Waals surface area contributed by atoms with Gasteiger partial charge in [-0.15, -0.1) is 0 Å². The Labute approximate surface area is 178 Å². The number of para-hydroxylation sites is 1. The van der Waals surface area contributed by atoms with E-state index in [-0.39, 0.29) is 11.9 Å². The third-order valence-electron chi connectivity index (χ3n) is 5.90. The van der Waals surface area contributed by atoms with Crippen LogP contribution in [0.2, 0.25) is 0 Å². The predicted octanol–water partition coefficient (Wildman–Crippen LogP) is 5.29. The summed E-state index contributed by atoms with van der Waals surface area (Å²) in [7, 11) is 0. The van der Waals surface area contributed by atoms with Crippen molar-refractivity contribution in [3.05, 3.63) is 113 Å². The quantitative estimate of drug-likeness (QED) is 0.488. The van der Waals surface area contributed by atoms with E-state index >= 15 is 0 Å². The van der Waals surface area contributed by atoms with Crippen LogP contribution in [-0.2, 0) is 0 Å². The highest BCUT2D eigenvalue weighted by atomic mass is 19.1. The molecule has 5 nitrogen and oxygen atoms in total. The fourth-order valence-corrected chi connectivity index (χ4v) is 4.43. The Balaban J connectivity index is 1.65. The van der Waals surface area contributed by atoms with Crippen molar-refractivity contribution in [3.63, 3.8) is 0 Å². The SMILES string of the molecule is Cc1ccc([C@@H]2C3=C(Nc4ncnn42)c2ccccc2O[C@H]3c2ccccc2F)cc1. The first-order valence-electron chi connectivity index (χ1n) is 10.2. The molecule has 0 fully saturated rings. The molecule has 0 spiro atoms. The predicted molar refractivity (Wildman–Crippen MR) is 116 cm³/mol. The molecule has 4 aromatic rings. The molecule has 0 bridgehead atoms. The molecule has 3 heterocycles. The highest BCUT2D eigenvalue weighted by Gasteiger charge is 2.41. The molecule has 152 valence electrons. The molecule has 0 aliphatic carbocycles. The summed E-state index contributed by atoms with van der Waals surface area (Å²) in [5.41, 5.74) is 5.42. The summed E-state index contributed by atoms with van der Waals surface area (Å²) in [6.45, 7) is 2.06. The average molecular weight is 410 g/mol. The summed E-state index contributed by atoms with van der Waals surface area (Å²) >= 11 is 0. The topological polar surface area (TPSA) is 52.0 Å². The van der Waals surface area contributed by atoms with Crippen molar-refractivity contribution in [2.75, 3.05) is 5.32 Å². The Morgan fingerprint density at radius 2 is 1.74 bits per heavy atom. The number of anilines is 1. The van der Waals surface area contributed by atoms with Gasteiger partial charge in [0.25, 0.3) is 0 Å². The van der Waals surface area contributed by atoms with Crippen molar-refractivity contribution in [2.45, 2.75) is 19.1 Å². The van der Waals surface area contributed by atoms with Crippen LogP contribution in [0, 0.1) is 12.7 Å². The van der Waals surface area contributed by atoms with Crippen LogP contribution in [0.25, 0.3) is 5.70 Å². The van der Waals surface area contributed by atoms with Crippen molar-refractivity contribution in [3.8, 4) is 5.75 Å². The van der Waals surface area contributed by atoms with Crippen LogP contribution in [0.1, 0.15) is 34.4 Å². The molecule has 0 unspecified atom stereocenters. The lowest BCUT2D eigenvalue weighted by Gasteiger charge is -2.39. The van der Waals surface area contributed by atoms with Gasteiger partial charge in [0.15, 0.2) is 6.10 Å². The first-order valence-corrected chi connectivity index (χ1v) is 10.2. The van der Waals surface area contributed by atoms with Crippen LogP contribution < -0.4 is 10.1 Å². The minimum absolute atomic E-state index is 0.285. The Hall–Kier alpha value is -3.93. The number of fused-ring (bicyclic) bond motifs is 3. The van der Waals surface area contributed by atoms with Gasteiger partial charge < -0.3 is 10.1 Å². The summed E-state index contributed by atoms with van der Waals surface area (Å²) in [5.74, 6) is 1.05. The van der Waals surface area contributed by atoms with Gasteiger partial charge in [0.2, 0.25) is 5.95 Å². The number of nitrogens with zero attached hydrogens (tertiary/aromatic N) is 3. The second-order valence-corrected chi connectivity index (χ2v) is 7.81. The number of ether oxygens (including phenoxy) is 1. The van der Waals surface area contributed by atoms with Gasteiger partial charge in [-0.3, -0.25) is 0 Å². The van der Waals surface area contributed by atoms with Crippen LogP contribution in [0.5, 0.6) is 5.75 Å². The fourth-order valence-electron chi connectivity index (χ4n) is 4.43. The van der Waals surface area contributed by atoms with Gasteiger partial charge in [0.1, 0.15) is 23.9 Å². The third kappa shape index (κ3) is 2.75. The minimum atomic E-state index is -0.609. The molecule has 6 rings (SSSR count). The second kappa shape index (κ2) is 6.80. The Morgan fingerprint density at radius 1 is 0.968 bits per heavy atom. The molecule has 2 aliphatic heterocycles. The Morgan fingerprint density at radius 3 is 2.58 bits per heavy atom. The average Bonchev–Trinajstić information content (AvgIpc) is 3.27. The first-order chi connectivity index (χ1) is 15.2. The van der Waals surface area contributed by atoms with Crippen molar-refractivity contribution in [1.82, 2.24) is 14.8 Å². The third-order valence-corrected chi connectivity index (χ3v) is 5.90. The fraction of sp³-hybridized carbons (Fsp3) is 0.120. The molecule has 0 saturated heterocycles. The standard InChI is InChI=1S/C25H19FN4O/c1-15-10-12-16(13-11-15)23-21-22(29-25-27-14-28-30(23)25)18-7-3-5-9-20(18)31-24(21)17-6-2-4-8-19(17)26/h2-14,23-24H,1H3,(H,27,28,29)/t23-,24+/m1/s1. The van der Waals surface area contributed by atoms with Crippen LogP contribution in [0.4, 0.5) is 10.3 Å². The maximum atomic E-state index is 15.0. The van der Waals surface area contributed by atoms with E-state index in [1.807, 2.05) is 35.0 Å². The molecule has 2 atom stereocenters. The van der Waals surface area contributed by atoms with E-state index in [2.05, 4.69) is 46.6 Å². The number of hydrogen-bond acceptors (Lipinski definition) is 4. The van der Waals surface area contributed by atoms with Crippen molar-refractivity contribution < 1.29 is 9.13 Å². The number of hydrogen-bond donors (Lipinski definition) is 1. The summed E-state index contributed by atoms with van der Waals surface area (Å²) in [4.78, 5) is 4.42. The molecule has 0 saturated carbocycles. The lowest BCUT2D eigenvalue weighted by Crippen LogP contribution is -2.32. The maximum absolute atomic E-state index is 15.0. The molecule has 2 aliphatic rings. The zero-order valence-corrected chi connectivity index (χ0v) is 16.8. The van der Waals surface area contributed by atoms with Crippen LogP contribution >= 0.6 is 0 Å². The highest BCUT2D eigenvalue weighted by molar-refractivity contribution is 5.85. The van der Waals surface area contributed by atoms with Gasteiger partial charge in [-0.25, -0.2) is 9.07 Å². The summed E-state index contributed by atoms with van der Waals surface area (Å²) in [6, 6.07) is 22.6. The number of halogens is 1. The summed E-state index contributed by atoms with van der Waals surface area (Å²) in [5, 5.41) is 7.93. The van der Waals surface area contributed by atoms with Crippen molar-refractivity contribution in [1.29, 1.82) is 0 Å². The van der Waals surface area contributed by atoms with Crippen LogP contribution in [0.15, 0.2) is 84.7 Å². The van der Waals surface area contributed by atoms with E-state index in [4.69, 9.17) is 4.74 Å².